The molecular formula is C60H40BiCl4N3O2. The molecule has 1 spiro atoms. The molecule has 0 aromatic heterocycles. The predicted molar refractivity (Wildman–Crippen MR) is 292 cm³/mol. The maximum atomic E-state index is 8.47. The molecule has 9 aromatic carbocycles. The SMILES string of the molecule is CC1(C)c2ccccc2-c2cc3[c]4c(c21)N(c1ccccc1)c1c2c(cc5[c]1[Bi]41([O]c4c(Cl)c(Cl)c(Cl)c(Cl)c4[O]1)[c]1c(cccc1N5c1ccccc1)N3c1ccccc1)-c1ccccc1C2(C)C. The van der Waals surface area contributed by atoms with Gasteiger partial charge in [0.05, 0.1) is 0 Å². The predicted octanol–water partition coefficient (Wildman–Crippen LogP) is 16.2. The van der Waals surface area contributed by atoms with Crippen molar-refractivity contribution >= 4 is 127 Å². The number of nitrogens with zero attached hydrogens (tertiary/aromatic N) is 3. The molecule has 0 amide bonds. The number of halogens is 4. The first kappa shape index (κ1) is 41.8. The van der Waals surface area contributed by atoms with Crippen molar-refractivity contribution in [2.45, 2.75) is 38.5 Å². The van der Waals surface area contributed by atoms with Gasteiger partial charge in [0.1, 0.15) is 0 Å². The third-order valence-electron chi connectivity index (χ3n) is 15.9. The number of fused-ring (bicyclic) bond motifs is 9. The molecule has 10 heteroatoms. The monoisotopic (exact) mass is 1180 g/mol. The van der Waals surface area contributed by atoms with Gasteiger partial charge in [0.15, 0.2) is 0 Å². The van der Waals surface area contributed by atoms with Crippen LogP contribution in [0.5, 0.6) is 11.5 Å². The van der Waals surface area contributed by atoms with E-state index in [1.54, 1.807) is 0 Å². The van der Waals surface area contributed by atoms with Crippen LogP contribution in [0, 0.1) is 0 Å². The van der Waals surface area contributed by atoms with E-state index in [1.807, 2.05) is 0 Å². The fourth-order valence-corrected chi connectivity index (χ4v) is 37.3. The fourth-order valence-electron chi connectivity index (χ4n) is 13.3. The Kier molecular flexibility index (Phi) is 8.18. The summed E-state index contributed by atoms with van der Waals surface area (Å²) in [7, 11) is 0. The van der Waals surface area contributed by atoms with Gasteiger partial charge in [0.2, 0.25) is 0 Å². The molecule has 0 atom stereocenters. The van der Waals surface area contributed by atoms with Gasteiger partial charge in [-0.3, -0.25) is 0 Å². The van der Waals surface area contributed by atoms with E-state index >= 15 is 0 Å². The molecule has 15 rings (SSSR count). The average Bonchev–Trinajstić information content (AvgIpc) is 3.95. The molecule has 0 N–H and O–H groups in total. The molecular weight excluding hydrogens is 1150 g/mol. The first-order chi connectivity index (χ1) is 33.9. The van der Waals surface area contributed by atoms with Gasteiger partial charge in [-0.05, 0) is 0 Å². The normalized spacial score (nSPS) is 17.8. The molecule has 4 heterocycles. The number of anilines is 9. The summed E-state index contributed by atoms with van der Waals surface area (Å²) in [5.41, 5.74) is 17.5. The Balaban J connectivity index is 1.27. The first-order valence-corrected chi connectivity index (χ1v) is 33.1. The zero-order valence-corrected chi connectivity index (χ0v) is 44.8. The molecule has 4 aliphatic heterocycles. The van der Waals surface area contributed by atoms with E-state index in [0.29, 0.717) is 11.5 Å². The Labute approximate surface area is 428 Å². The molecule has 0 fully saturated rings. The summed E-state index contributed by atoms with van der Waals surface area (Å²) < 4.78 is 19.9. The van der Waals surface area contributed by atoms with E-state index in [0.717, 1.165) is 72.1 Å². The number of benzene rings is 9. The number of hydrogen-bond donors (Lipinski definition) is 0. The summed E-state index contributed by atoms with van der Waals surface area (Å²) in [6.07, 6.45) is 0. The van der Waals surface area contributed by atoms with Crippen LogP contribution >= 0.6 is 46.4 Å². The Morgan fingerprint density at radius 3 is 1.16 bits per heavy atom. The first-order valence-electron chi connectivity index (χ1n) is 23.5. The van der Waals surface area contributed by atoms with E-state index in [4.69, 9.17) is 52.0 Å². The van der Waals surface area contributed by atoms with Crippen molar-refractivity contribution in [1.29, 1.82) is 0 Å². The van der Waals surface area contributed by atoms with Gasteiger partial charge >= 0.3 is 432 Å². The van der Waals surface area contributed by atoms with E-state index in [9.17, 15) is 0 Å². The topological polar surface area (TPSA) is 28.2 Å². The van der Waals surface area contributed by atoms with E-state index in [1.165, 1.54) is 33.4 Å². The van der Waals surface area contributed by atoms with Crippen LogP contribution in [0.1, 0.15) is 49.9 Å². The number of para-hydroxylation sites is 3. The van der Waals surface area contributed by atoms with Crippen LogP contribution in [0.2, 0.25) is 20.1 Å². The van der Waals surface area contributed by atoms with Gasteiger partial charge < -0.3 is 0 Å². The van der Waals surface area contributed by atoms with Crippen molar-refractivity contribution in [1.82, 2.24) is 0 Å². The van der Waals surface area contributed by atoms with Crippen molar-refractivity contribution < 1.29 is 5.63 Å². The van der Waals surface area contributed by atoms with Crippen LogP contribution in [0.25, 0.3) is 22.3 Å². The molecule has 0 saturated carbocycles. The molecule has 0 bridgehead atoms. The Bertz CT molecular complexity index is 3650. The molecule has 5 nitrogen and oxygen atoms in total. The summed E-state index contributed by atoms with van der Waals surface area (Å²) in [4.78, 5) is 7.46. The molecule has 0 saturated heterocycles. The number of hydrogen-bond acceptors (Lipinski definition) is 5. The second-order valence-corrected chi connectivity index (χ2v) is 35.7. The van der Waals surface area contributed by atoms with Gasteiger partial charge in [-0.25, -0.2) is 0 Å². The van der Waals surface area contributed by atoms with Gasteiger partial charge in [0, 0.05) is 0 Å². The molecule has 9 aromatic rings. The second-order valence-electron chi connectivity index (χ2n) is 20.1. The summed E-state index contributed by atoms with van der Waals surface area (Å²) in [6, 6.07) is 61.5. The Morgan fingerprint density at radius 1 is 0.371 bits per heavy atom. The molecule has 340 valence electrons. The Hall–Kier alpha value is -5.98. The van der Waals surface area contributed by atoms with Crippen LogP contribution < -0.4 is 30.1 Å². The molecule has 0 unspecified atom stereocenters. The van der Waals surface area contributed by atoms with Gasteiger partial charge in [-0.15, -0.1) is 0 Å². The van der Waals surface area contributed by atoms with Crippen molar-refractivity contribution in [2.24, 2.45) is 0 Å². The molecule has 6 aliphatic rings. The van der Waals surface area contributed by atoms with Crippen molar-refractivity contribution in [3.8, 4) is 33.8 Å². The minimum atomic E-state index is -6.77. The summed E-state index contributed by atoms with van der Waals surface area (Å²) in [5, 5.41) is 0.570. The van der Waals surface area contributed by atoms with Crippen molar-refractivity contribution in [3.63, 3.8) is 0 Å². The minimum absolute atomic E-state index is 0.119. The summed E-state index contributed by atoms with van der Waals surface area (Å²) in [5.74, 6) is 0.618. The second kappa shape index (κ2) is 13.7. The molecule has 0 radical (unpaired) electrons. The fraction of sp³-hybridized carbons (Fsp3) is 0.100. The van der Waals surface area contributed by atoms with Crippen LogP contribution in [0.4, 0.5) is 51.2 Å². The summed E-state index contributed by atoms with van der Waals surface area (Å²) in [6.45, 7) is 9.48. The Morgan fingerprint density at radius 2 is 0.743 bits per heavy atom. The standard InChI is InChI=1S/C54H40N3.C6H2Cl4O2.Bi/c1-53(2)47-29-16-14-27-43(47)45-32-41-34-49(51(45)53)57(38-23-12-7-13-24-38)50-35-42(33-46-44-28-15-17-30-48(44)54(3,4)52(46)50)56(37-21-10-6-11-22-37)40-26-18-25-39(31-40)55(41)36-19-8-5-9-20-36;7-1-2(8)4(10)6(12)5(11)3(1)9;/h5-30,32-33H,1-4H3;11-12H;/q;;+2/p-2. The van der Waals surface area contributed by atoms with Crippen molar-refractivity contribution in [2.75, 3.05) is 14.7 Å². The zero-order valence-electron chi connectivity index (χ0n) is 38.3. The van der Waals surface area contributed by atoms with E-state index in [2.05, 4.69) is 212 Å². The van der Waals surface area contributed by atoms with E-state index < -0.39 is 30.5 Å². The quantitative estimate of drug-likeness (QED) is 0.0999. The maximum absolute atomic E-state index is 8.47. The van der Waals surface area contributed by atoms with Crippen LogP contribution in [0.15, 0.2) is 170 Å². The van der Waals surface area contributed by atoms with Crippen molar-refractivity contribution in [3.05, 3.63) is 212 Å². The zero-order chi connectivity index (χ0) is 47.4. The third-order valence-corrected chi connectivity index (χ3v) is 36.5. The summed E-state index contributed by atoms with van der Waals surface area (Å²) >= 11 is 22.5. The van der Waals surface area contributed by atoms with Crippen LogP contribution in [-0.4, -0.2) is 19.7 Å². The number of rotatable bonds is 3. The van der Waals surface area contributed by atoms with Gasteiger partial charge in [0.25, 0.3) is 0 Å². The van der Waals surface area contributed by atoms with Gasteiger partial charge in [-0.2, -0.15) is 0 Å². The van der Waals surface area contributed by atoms with Crippen LogP contribution in [-0.2, 0) is 10.8 Å². The third kappa shape index (κ3) is 4.69. The van der Waals surface area contributed by atoms with Crippen LogP contribution in [0.3, 0.4) is 0 Å². The van der Waals surface area contributed by atoms with E-state index in [-0.39, 0.29) is 20.1 Å². The average molecular weight is 1190 g/mol. The molecule has 70 heavy (non-hydrogen) atoms. The van der Waals surface area contributed by atoms with Gasteiger partial charge in [-0.1, -0.05) is 0 Å². The molecule has 2 aliphatic carbocycles.